The summed E-state index contributed by atoms with van der Waals surface area (Å²) in [6.07, 6.45) is 2.11. The maximum atomic E-state index is 10.3. The predicted molar refractivity (Wildman–Crippen MR) is 75.2 cm³/mol. The third kappa shape index (κ3) is 3.48. The van der Waals surface area contributed by atoms with Crippen molar-refractivity contribution in [2.45, 2.75) is 58.3 Å². The van der Waals surface area contributed by atoms with Gasteiger partial charge < -0.3 is 19.9 Å². The minimum atomic E-state index is -0.667. The first-order valence-electron chi connectivity index (χ1n) is 7.49. The summed E-state index contributed by atoms with van der Waals surface area (Å²) in [5.41, 5.74) is -0.523. The van der Waals surface area contributed by atoms with Crippen LogP contribution in [0.2, 0.25) is 0 Å². The fourth-order valence-electron chi connectivity index (χ4n) is 2.87. The molecule has 112 valence electrons. The van der Waals surface area contributed by atoms with Crippen molar-refractivity contribution in [3.63, 3.8) is 0 Å². The van der Waals surface area contributed by atoms with Crippen LogP contribution in [-0.4, -0.2) is 49.2 Å². The van der Waals surface area contributed by atoms with Gasteiger partial charge in [0.1, 0.15) is 5.60 Å². The van der Waals surface area contributed by atoms with E-state index in [1.54, 1.807) is 0 Å². The van der Waals surface area contributed by atoms with Crippen LogP contribution in [0.4, 0.5) is 0 Å². The lowest BCUT2D eigenvalue weighted by Crippen LogP contribution is -2.63. The average Bonchev–Trinajstić information content (AvgIpc) is 2.74. The average molecular weight is 271 g/mol. The highest BCUT2D eigenvalue weighted by atomic mass is 16.5. The van der Waals surface area contributed by atoms with Gasteiger partial charge in [0.2, 0.25) is 0 Å². The summed E-state index contributed by atoms with van der Waals surface area (Å²) in [5, 5.41) is 13.8. The molecule has 0 aromatic rings. The molecule has 2 N–H and O–H groups in total. The molecule has 0 aromatic carbocycles. The van der Waals surface area contributed by atoms with Crippen molar-refractivity contribution < 1.29 is 14.6 Å². The van der Waals surface area contributed by atoms with Crippen LogP contribution >= 0.6 is 0 Å². The second-order valence-electron chi connectivity index (χ2n) is 7.23. The molecule has 1 heterocycles. The van der Waals surface area contributed by atoms with Gasteiger partial charge >= 0.3 is 0 Å². The van der Waals surface area contributed by atoms with E-state index in [0.717, 1.165) is 19.4 Å². The van der Waals surface area contributed by atoms with Gasteiger partial charge in [0.25, 0.3) is 0 Å². The van der Waals surface area contributed by atoms with E-state index in [4.69, 9.17) is 9.47 Å². The number of hydrogen-bond donors (Lipinski definition) is 2. The molecule has 3 atom stereocenters. The van der Waals surface area contributed by atoms with Gasteiger partial charge in [0, 0.05) is 37.6 Å². The van der Waals surface area contributed by atoms with E-state index < -0.39 is 5.60 Å². The highest BCUT2D eigenvalue weighted by molar-refractivity contribution is 5.04. The van der Waals surface area contributed by atoms with Crippen LogP contribution in [0.5, 0.6) is 0 Å². The summed E-state index contributed by atoms with van der Waals surface area (Å²) in [6.45, 7) is 11.4. The largest absolute Gasteiger partial charge is 0.386 e. The van der Waals surface area contributed by atoms with Crippen molar-refractivity contribution in [3.05, 3.63) is 0 Å². The Morgan fingerprint density at radius 1 is 1.42 bits per heavy atom. The van der Waals surface area contributed by atoms with Crippen molar-refractivity contribution in [1.29, 1.82) is 0 Å². The minimum Gasteiger partial charge on any atom is -0.386 e. The lowest BCUT2D eigenvalue weighted by Gasteiger charge is -2.52. The fraction of sp³-hybridized carbons (Fsp3) is 1.00. The molecule has 4 heteroatoms. The Morgan fingerprint density at radius 2 is 2.16 bits per heavy atom. The molecular formula is C15H29NO3. The molecule has 1 aliphatic heterocycles. The summed E-state index contributed by atoms with van der Waals surface area (Å²) in [6, 6.07) is 0.425. The lowest BCUT2D eigenvalue weighted by molar-refractivity contribution is -0.127. The Balaban J connectivity index is 1.74. The molecule has 0 radical (unpaired) electrons. The third-order valence-electron chi connectivity index (χ3n) is 4.57. The van der Waals surface area contributed by atoms with Crippen molar-refractivity contribution in [3.8, 4) is 0 Å². The lowest BCUT2D eigenvalue weighted by atomic mass is 9.64. The molecule has 1 saturated heterocycles. The van der Waals surface area contributed by atoms with E-state index in [1.807, 2.05) is 0 Å². The normalized spacial score (nSPS) is 37.6. The molecule has 1 aliphatic carbocycles. The van der Waals surface area contributed by atoms with Crippen LogP contribution in [0.15, 0.2) is 0 Å². The van der Waals surface area contributed by atoms with Crippen LogP contribution in [0.3, 0.4) is 0 Å². The molecule has 0 unspecified atom stereocenters. The summed E-state index contributed by atoms with van der Waals surface area (Å²) in [5.74, 6) is 0.583. The molecule has 19 heavy (non-hydrogen) atoms. The van der Waals surface area contributed by atoms with Crippen molar-refractivity contribution >= 4 is 0 Å². The smallest absolute Gasteiger partial charge is 0.102 e. The van der Waals surface area contributed by atoms with Gasteiger partial charge in [-0.25, -0.2) is 0 Å². The van der Waals surface area contributed by atoms with E-state index in [1.165, 1.54) is 0 Å². The van der Waals surface area contributed by atoms with E-state index in [2.05, 4.69) is 33.0 Å². The van der Waals surface area contributed by atoms with Gasteiger partial charge in [0.05, 0.1) is 12.7 Å². The van der Waals surface area contributed by atoms with Crippen LogP contribution in [0.25, 0.3) is 0 Å². The summed E-state index contributed by atoms with van der Waals surface area (Å²) < 4.78 is 11.2. The molecule has 0 aromatic heterocycles. The number of hydrogen-bond acceptors (Lipinski definition) is 4. The molecule has 2 rings (SSSR count). The zero-order chi connectivity index (χ0) is 14.1. The molecule has 2 aliphatic rings. The number of aliphatic hydroxyl groups is 1. The van der Waals surface area contributed by atoms with E-state index >= 15 is 0 Å². The third-order valence-corrected chi connectivity index (χ3v) is 4.57. The van der Waals surface area contributed by atoms with Crippen molar-refractivity contribution in [2.75, 3.05) is 26.4 Å². The van der Waals surface area contributed by atoms with Crippen LogP contribution in [0, 0.1) is 11.3 Å². The summed E-state index contributed by atoms with van der Waals surface area (Å²) in [7, 11) is 0. The highest BCUT2D eigenvalue weighted by Gasteiger charge is 2.49. The van der Waals surface area contributed by atoms with E-state index in [-0.39, 0.29) is 5.41 Å². The van der Waals surface area contributed by atoms with Crippen LogP contribution < -0.4 is 5.32 Å². The Kier molecular flexibility index (Phi) is 4.56. The van der Waals surface area contributed by atoms with Crippen molar-refractivity contribution in [2.24, 2.45) is 11.3 Å². The van der Waals surface area contributed by atoms with Gasteiger partial charge in [-0.05, 0) is 12.3 Å². The van der Waals surface area contributed by atoms with Gasteiger partial charge in [-0.3, -0.25) is 0 Å². The van der Waals surface area contributed by atoms with Crippen molar-refractivity contribution in [1.82, 2.24) is 5.32 Å². The van der Waals surface area contributed by atoms with E-state index in [0.29, 0.717) is 37.8 Å². The number of rotatable bonds is 6. The molecule has 0 spiro atoms. The first kappa shape index (κ1) is 15.2. The van der Waals surface area contributed by atoms with Gasteiger partial charge in [0.15, 0.2) is 0 Å². The second kappa shape index (κ2) is 5.68. The van der Waals surface area contributed by atoms with Crippen LogP contribution in [-0.2, 0) is 9.47 Å². The zero-order valence-corrected chi connectivity index (χ0v) is 12.7. The standard InChI is InChI=1S/C15H29NO3/c1-11(2)8-19-13-7-12(14(13,3)4)16-9-15(17)5-6-18-10-15/h11-13,16-17H,5-10H2,1-4H3/t12-,13+,15-/m0/s1. The number of nitrogens with one attached hydrogen (secondary N) is 1. The SMILES string of the molecule is CC(C)CO[C@@H]1C[C@H](NC[C@@]2(O)CCOC2)C1(C)C. The molecule has 4 nitrogen and oxygen atoms in total. The van der Waals surface area contributed by atoms with Gasteiger partial charge in [-0.15, -0.1) is 0 Å². The highest BCUT2D eigenvalue weighted by Crippen LogP contribution is 2.43. The Hall–Kier alpha value is -0.160. The molecule has 1 saturated carbocycles. The van der Waals surface area contributed by atoms with Crippen LogP contribution in [0.1, 0.15) is 40.5 Å². The van der Waals surface area contributed by atoms with E-state index in [9.17, 15) is 5.11 Å². The zero-order valence-electron chi connectivity index (χ0n) is 12.7. The van der Waals surface area contributed by atoms with Gasteiger partial charge in [-0.1, -0.05) is 27.7 Å². The summed E-state index contributed by atoms with van der Waals surface area (Å²) >= 11 is 0. The molecule has 0 amide bonds. The molecule has 0 bridgehead atoms. The Morgan fingerprint density at radius 3 is 2.68 bits per heavy atom. The second-order valence-corrected chi connectivity index (χ2v) is 7.23. The Labute approximate surface area is 116 Å². The molecule has 2 fully saturated rings. The first-order valence-corrected chi connectivity index (χ1v) is 7.49. The summed E-state index contributed by atoms with van der Waals surface area (Å²) in [4.78, 5) is 0. The quantitative estimate of drug-likeness (QED) is 0.770. The predicted octanol–water partition coefficient (Wildman–Crippen LogP) is 1.57. The first-order chi connectivity index (χ1) is 8.83. The van der Waals surface area contributed by atoms with Gasteiger partial charge in [-0.2, -0.15) is 0 Å². The monoisotopic (exact) mass is 271 g/mol. The molecular weight excluding hydrogens is 242 g/mol. The topological polar surface area (TPSA) is 50.7 Å². The number of ether oxygens (including phenoxy) is 2. The maximum absolute atomic E-state index is 10.3. The fourth-order valence-corrected chi connectivity index (χ4v) is 2.87. The minimum absolute atomic E-state index is 0.144. The Bertz CT molecular complexity index is 298. The maximum Gasteiger partial charge on any atom is 0.102 e.